The van der Waals surface area contributed by atoms with Crippen LogP contribution in [-0.2, 0) is 5.41 Å². The lowest BCUT2D eigenvalue weighted by Gasteiger charge is -2.32. The van der Waals surface area contributed by atoms with Crippen LogP contribution in [0.1, 0.15) is 45.2 Å². The predicted octanol–water partition coefficient (Wildman–Crippen LogP) is 4.08. The molecule has 1 heteroatoms. The normalized spacial score (nSPS) is 16.9. The number of hydrogen-bond acceptors (Lipinski definition) is 1. The Balaban J connectivity index is 0.000000531. The second-order valence-corrected chi connectivity index (χ2v) is 4.48. The van der Waals surface area contributed by atoms with E-state index in [-0.39, 0.29) is 5.41 Å². The molecule has 0 bridgehead atoms. The Morgan fingerprint density at radius 1 is 1.20 bits per heavy atom. The summed E-state index contributed by atoms with van der Waals surface area (Å²) in [7, 11) is 0. The van der Waals surface area contributed by atoms with Gasteiger partial charge in [-0.1, -0.05) is 39.8 Å². The van der Waals surface area contributed by atoms with E-state index < -0.39 is 0 Å². The lowest BCUT2D eigenvalue weighted by Crippen LogP contribution is -2.26. The van der Waals surface area contributed by atoms with E-state index in [1.165, 1.54) is 11.1 Å². The lowest BCUT2D eigenvalue weighted by atomic mass is 9.79. The van der Waals surface area contributed by atoms with Crippen LogP contribution in [0.2, 0.25) is 0 Å². The van der Waals surface area contributed by atoms with Gasteiger partial charge in [0.25, 0.3) is 0 Å². The third-order valence-electron chi connectivity index (χ3n) is 2.85. The molecule has 84 valence electrons. The van der Waals surface area contributed by atoms with Crippen LogP contribution in [0.3, 0.4) is 0 Å². The highest BCUT2D eigenvalue weighted by atomic mass is 16.5. The van der Waals surface area contributed by atoms with E-state index in [1.807, 2.05) is 13.8 Å². The topological polar surface area (TPSA) is 9.23 Å². The van der Waals surface area contributed by atoms with Gasteiger partial charge in [-0.2, -0.15) is 0 Å². The van der Waals surface area contributed by atoms with Crippen molar-refractivity contribution in [2.75, 3.05) is 6.61 Å². The highest BCUT2D eigenvalue weighted by Crippen LogP contribution is 2.38. The summed E-state index contributed by atoms with van der Waals surface area (Å²) in [5.74, 6) is 1.08. The molecule has 0 aliphatic carbocycles. The van der Waals surface area contributed by atoms with E-state index in [2.05, 4.69) is 39.0 Å². The minimum absolute atomic E-state index is 0.279. The van der Waals surface area contributed by atoms with E-state index in [4.69, 9.17) is 4.74 Å². The van der Waals surface area contributed by atoms with Crippen molar-refractivity contribution in [1.82, 2.24) is 0 Å². The number of rotatable bonds is 0. The van der Waals surface area contributed by atoms with E-state index >= 15 is 0 Å². The van der Waals surface area contributed by atoms with Crippen molar-refractivity contribution < 1.29 is 4.74 Å². The number of fused-ring (bicyclic) bond motifs is 1. The first-order valence-electron chi connectivity index (χ1n) is 5.83. The Kier molecular flexibility index (Phi) is 3.78. The average Bonchev–Trinajstić information content (AvgIpc) is 2.19. The molecule has 0 amide bonds. The average molecular weight is 206 g/mol. The van der Waals surface area contributed by atoms with Crippen LogP contribution in [0.15, 0.2) is 18.2 Å². The van der Waals surface area contributed by atoms with Gasteiger partial charge < -0.3 is 4.74 Å². The Morgan fingerprint density at radius 3 is 2.53 bits per heavy atom. The van der Waals surface area contributed by atoms with Gasteiger partial charge in [-0.25, -0.2) is 0 Å². The summed E-state index contributed by atoms with van der Waals surface area (Å²) in [5.41, 5.74) is 2.90. The van der Waals surface area contributed by atoms with Crippen LogP contribution < -0.4 is 4.74 Å². The summed E-state index contributed by atoms with van der Waals surface area (Å²) in [6, 6.07) is 6.50. The van der Waals surface area contributed by atoms with Crippen LogP contribution in [-0.4, -0.2) is 6.61 Å². The van der Waals surface area contributed by atoms with Crippen LogP contribution in [0.25, 0.3) is 0 Å². The molecule has 2 rings (SSSR count). The molecule has 0 fully saturated rings. The molecule has 1 aromatic carbocycles. The molecule has 0 saturated carbocycles. The summed E-state index contributed by atoms with van der Waals surface area (Å²) >= 11 is 0. The van der Waals surface area contributed by atoms with E-state index in [0.29, 0.717) is 0 Å². The molecule has 0 radical (unpaired) electrons. The van der Waals surface area contributed by atoms with Gasteiger partial charge in [-0.15, -0.1) is 0 Å². The lowest BCUT2D eigenvalue weighted by molar-refractivity contribution is 0.234. The van der Waals surface area contributed by atoms with Gasteiger partial charge in [0.2, 0.25) is 0 Å². The first-order chi connectivity index (χ1) is 7.09. The molecule has 1 heterocycles. The molecule has 0 aromatic heterocycles. The zero-order valence-corrected chi connectivity index (χ0v) is 10.6. The fourth-order valence-electron chi connectivity index (χ4n) is 1.86. The third kappa shape index (κ3) is 2.53. The van der Waals surface area contributed by atoms with Gasteiger partial charge in [0.1, 0.15) is 5.75 Å². The third-order valence-corrected chi connectivity index (χ3v) is 2.85. The molecule has 0 N–H and O–H groups in total. The Hall–Kier alpha value is -0.980. The smallest absolute Gasteiger partial charge is 0.123 e. The Morgan fingerprint density at radius 2 is 1.87 bits per heavy atom. The van der Waals surface area contributed by atoms with Crippen LogP contribution in [0.5, 0.6) is 5.75 Å². The number of hydrogen-bond donors (Lipinski definition) is 0. The molecule has 0 atom stereocenters. The SMILES string of the molecule is CC.Cc1ccc2c(c1)OCCC2(C)C. The molecule has 0 saturated heterocycles. The summed E-state index contributed by atoms with van der Waals surface area (Å²) in [5, 5.41) is 0. The molecule has 1 nitrogen and oxygen atoms in total. The summed E-state index contributed by atoms with van der Waals surface area (Å²) in [6.07, 6.45) is 1.11. The molecule has 1 aliphatic heterocycles. The first kappa shape index (κ1) is 12.1. The summed E-state index contributed by atoms with van der Waals surface area (Å²) < 4.78 is 5.64. The maximum Gasteiger partial charge on any atom is 0.123 e. The molecular weight excluding hydrogens is 184 g/mol. The minimum atomic E-state index is 0.279. The number of aryl methyl sites for hydroxylation is 1. The standard InChI is InChI=1S/C12H16O.C2H6/c1-9-4-5-10-11(8-9)13-7-6-12(10,2)3;1-2/h4-5,8H,6-7H2,1-3H3;1-2H3. The molecule has 1 aromatic rings. The highest BCUT2D eigenvalue weighted by molar-refractivity contribution is 5.42. The van der Waals surface area contributed by atoms with Gasteiger partial charge in [-0.3, -0.25) is 0 Å². The molecular formula is C14H22O. The van der Waals surface area contributed by atoms with Gasteiger partial charge in [-0.05, 0) is 36.0 Å². The van der Waals surface area contributed by atoms with E-state index in [1.54, 1.807) is 0 Å². The van der Waals surface area contributed by atoms with Gasteiger partial charge in [0.05, 0.1) is 6.61 Å². The molecule has 0 spiro atoms. The summed E-state index contributed by atoms with van der Waals surface area (Å²) in [4.78, 5) is 0. The van der Waals surface area contributed by atoms with Crippen molar-refractivity contribution in [3.05, 3.63) is 29.3 Å². The van der Waals surface area contributed by atoms with E-state index in [0.717, 1.165) is 18.8 Å². The van der Waals surface area contributed by atoms with E-state index in [9.17, 15) is 0 Å². The monoisotopic (exact) mass is 206 g/mol. The Labute approximate surface area is 93.5 Å². The fourth-order valence-corrected chi connectivity index (χ4v) is 1.86. The second-order valence-electron chi connectivity index (χ2n) is 4.48. The predicted molar refractivity (Wildman–Crippen MR) is 65.7 cm³/mol. The van der Waals surface area contributed by atoms with Crippen molar-refractivity contribution >= 4 is 0 Å². The summed E-state index contributed by atoms with van der Waals surface area (Å²) in [6.45, 7) is 11.5. The van der Waals surface area contributed by atoms with Gasteiger partial charge in [0.15, 0.2) is 0 Å². The highest BCUT2D eigenvalue weighted by Gasteiger charge is 2.28. The number of benzene rings is 1. The van der Waals surface area contributed by atoms with Crippen LogP contribution >= 0.6 is 0 Å². The maximum atomic E-state index is 5.64. The van der Waals surface area contributed by atoms with Crippen LogP contribution in [0.4, 0.5) is 0 Å². The van der Waals surface area contributed by atoms with Crippen molar-refractivity contribution in [1.29, 1.82) is 0 Å². The van der Waals surface area contributed by atoms with Crippen molar-refractivity contribution in [2.24, 2.45) is 0 Å². The van der Waals surface area contributed by atoms with Gasteiger partial charge in [0, 0.05) is 0 Å². The number of ether oxygens (including phenoxy) is 1. The minimum Gasteiger partial charge on any atom is -0.493 e. The Bertz CT molecular complexity index is 326. The molecule has 15 heavy (non-hydrogen) atoms. The maximum absolute atomic E-state index is 5.64. The first-order valence-corrected chi connectivity index (χ1v) is 5.83. The fraction of sp³-hybridized carbons (Fsp3) is 0.571. The van der Waals surface area contributed by atoms with Crippen molar-refractivity contribution in [3.63, 3.8) is 0 Å². The quantitative estimate of drug-likeness (QED) is 0.621. The zero-order valence-electron chi connectivity index (χ0n) is 10.6. The van der Waals surface area contributed by atoms with Crippen LogP contribution in [0, 0.1) is 6.92 Å². The largest absolute Gasteiger partial charge is 0.493 e. The molecule has 0 unspecified atom stereocenters. The van der Waals surface area contributed by atoms with Crippen molar-refractivity contribution in [3.8, 4) is 5.75 Å². The molecule has 1 aliphatic rings. The van der Waals surface area contributed by atoms with Gasteiger partial charge >= 0.3 is 0 Å². The zero-order chi connectivity index (χ0) is 11.5. The van der Waals surface area contributed by atoms with Crippen molar-refractivity contribution in [2.45, 2.75) is 46.5 Å². The second kappa shape index (κ2) is 4.69.